The van der Waals surface area contributed by atoms with Crippen LogP contribution in [0.1, 0.15) is 22.6 Å². The van der Waals surface area contributed by atoms with Gasteiger partial charge in [-0.05, 0) is 16.7 Å². The van der Waals surface area contributed by atoms with Gasteiger partial charge in [0.15, 0.2) is 0 Å². The lowest BCUT2D eigenvalue weighted by Crippen LogP contribution is -2.11. The van der Waals surface area contributed by atoms with Crippen molar-refractivity contribution in [3.8, 4) is 0 Å². The number of rotatable bonds is 3. The zero-order valence-electron chi connectivity index (χ0n) is 10.0. The van der Waals surface area contributed by atoms with Crippen molar-refractivity contribution in [3.05, 3.63) is 77.4 Å². The normalized spacial score (nSPS) is 16.6. The highest BCUT2D eigenvalue weighted by Gasteiger charge is 2.23. The molecule has 0 amide bonds. The van der Waals surface area contributed by atoms with Crippen LogP contribution in [0.15, 0.2) is 60.7 Å². The molecule has 0 aromatic heterocycles. The number of benzene rings is 2. The van der Waals surface area contributed by atoms with Crippen molar-refractivity contribution in [2.75, 3.05) is 0 Å². The zero-order valence-corrected chi connectivity index (χ0v) is 10.0. The van der Waals surface area contributed by atoms with E-state index >= 15 is 0 Å². The second-order valence-electron chi connectivity index (χ2n) is 4.59. The molecular weight excluding hydrogens is 220 g/mol. The molecule has 0 saturated heterocycles. The molecule has 88 valence electrons. The lowest BCUT2D eigenvalue weighted by atomic mass is 9.93. The summed E-state index contributed by atoms with van der Waals surface area (Å²) < 4.78 is 0. The molecule has 1 aliphatic rings. The molecule has 0 bridgehead atoms. The largest absolute Gasteiger partial charge is 0.298 e. The van der Waals surface area contributed by atoms with Gasteiger partial charge in [-0.1, -0.05) is 66.7 Å². The minimum Gasteiger partial charge on any atom is -0.298 e. The van der Waals surface area contributed by atoms with E-state index in [1.54, 1.807) is 0 Å². The van der Waals surface area contributed by atoms with Gasteiger partial charge in [0.1, 0.15) is 5.78 Å². The Hall–Kier alpha value is -2.15. The van der Waals surface area contributed by atoms with Crippen LogP contribution in [0, 0.1) is 0 Å². The average Bonchev–Trinajstić information content (AvgIpc) is 2.84. The monoisotopic (exact) mass is 234 g/mol. The maximum Gasteiger partial charge on any atom is 0.148 e. The predicted molar refractivity (Wildman–Crippen MR) is 73.4 cm³/mol. The summed E-state index contributed by atoms with van der Waals surface area (Å²) in [5, 5.41) is 0. The molecule has 1 unspecified atom stereocenters. The molecule has 2 aromatic rings. The molecule has 1 atom stereocenters. The number of allylic oxidation sites excluding steroid dienone is 1. The number of fused-ring (bicyclic) bond motifs is 1. The summed E-state index contributed by atoms with van der Waals surface area (Å²) in [7, 11) is 0. The first kappa shape index (κ1) is 11.0. The van der Waals surface area contributed by atoms with Crippen LogP contribution in [0.3, 0.4) is 0 Å². The van der Waals surface area contributed by atoms with Gasteiger partial charge in [0.2, 0.25) is 0 Å². The number of carbonyl (C=O) groups is 1. The van der Waals surface area contributed by atoms with E-state index in [-0.39, 0.29) is 11.7 Å². The van der Waals surface area contributed by atoms with Crippen molar-refractivity contribution < 1.29 is 4.79 Å². The maximum absolute atomic E-state index is 12.3. The molecule has 1 heteroatoms. The standard InChI is InChI=1S/C17H14O/c18-17(12-13-6-2-1-3-7-13)16-11-10-14-8-4-5-9-15(14)16/h1-11,16H,12H2. The highest BCUT2D eigenvalue weighted by atomic mass is 16.1. The van der Waals surface area contributed by atoms with Gasteiger partial charge in [0.05, 0.1) is 5.92 Å². The molecule has 0 fully saturated rings. The van der Waals surface area contributed by atoms with Gasteiger partial charge < -0.3 is 0 Å². The molecule has 3 rings (SSSR count). The van der Waals surface area contributed by atoms with Crippen molar-refractivity contribution in [1.82, 2.24) is 0 Å². The first-order valence-corrected chi connectivity index (χ1v) is 6.18. The first-order chi connectivity index (χ1) is 8.84. The van der Waals surface area contributed by atoms with Gasteiger partial charge in [0, 0.05) is 6.42 Å². The Morgan fingerprint density at radius 3 is 2.50 bits per heavy atom. The summed E-state index contributed by atoms with van der Waals surface area (Å²) >= 11 is 0. The van der Waals surface area contributed by atoms with Crippen LogP contribution in [0.4, 0.5) is 0 Å². The Morgan fingerprint density at radius 2 is 1.67 bits per heavy atom. The Morgan fingerprint density at radius 1 is 0.944 bits per heavy atom. The minimum absolute atomic E-state index is 0.0681. The fourth-order valence-corrected chi connectivity index (χ4v) is 2.44. The number of hydrogen-bond acceptors (Lipinski definition) is 1. The van der Waals surface area contributed by atoms with Crippen LogP contribution in [-0.4, -0.2) is 5.78 Å². The quantitative estimate of drug-likeness (QED) is 0.793. The van der Waals surface area contributed by atoms with E-state index in [2.05, 4.69) is 6.07 Å². The van der Waals surface area contributed by atoms with Crippen molar-refractivity contribution in [3.63, 3.8) is 0 Å². The molecule has 0 spiro atoms. The summed E-state index contributed by atoms with van der Waals surface area (Å²) in [5.41, 5.74) is 3.39. The summed E-state index contributed by atoms with van der Waals surface area (Å²) in [6.45, 7) is 0. The average molecular weight is 234 g/mol. The topological polar surface area (TPSA) is 17.1 Å². The maximum atomic E-state index is 12.3. The lowest BCUT2D eigenvalue weighted by Gasteiger charge is -2.09. The molecule has 0 radical (unpaired) electrons. The highest BCUT2D eigenvalue weighted by Crippen LogP contribution is 2.31. The lowest BCUT2D eigenvalue weighted by molar-refractivity contribution is -0.118. The smallest absolute Gasteiger partial charge is 0.148 e. The van der Waals surface area contributed by atoms with Crippen molar-refractivity contribution >= 4 is 11.9 Å². The predicted octanol–water partition coefficient (Wildman–Crippen LogP) is 3.61. The molecular formula is C17H14O. The van der Waals surface area contributed by atoms with Crippen LogP contribution in [-0.2, 0) is 11.2 Å². The van der Waals surface area contributed by atoms with Gasteiger partial charge in [-0.2, -0.15) is 0 Å². The molecule has 0 N–H and O–H groups in total. The fourth-order valence-electron chi connectivity index (χ4n) is 2.44. The van der Waals surface area contributed by atoms with Crippen LogP contribution in [0.5, 0.6) is 0 Å². The van der Waals surface area contributed by atoms with E-state index in [0.29, 0.717) is 6.42 Å². The van der Waals surface area contributed by atoms with Gasteiger partial charge in [-0.15, -0.1) is 0 Å². The Bertz CT molecular complexity index is 596. The van der Waals surface area contributed by atoms with Crippen molar-refractivity contribution in [1.29, 1.82) is 0 Å². The van der Waals surface area contributed by atoms with E-state index in [9.17, 15) is 4.79 Å². The fraction of sp³-hybridized carbons (Fsp3) is 0.118. The second-order valence-corrected chi connectivity index (χ2v) is 4.59. The SMILES string of the molecule is O=C(Cc1ccccc1)C1C=Cc2ccccc21. The van der Waals surface area contributed by atoms with E-state index in [1.165, 1.54) is 5.56 Å². The van der Waals surface area contributed by atoms with E-state index in [1.807, 2.05) is 60.7 Å². The van der Waals surface area contributed by atoms with Crippen LogP contribution < -0.4 is 0 Å². The van der Waals surface area contributed by atoms with Crippen molar-refractivity contribution in [2.45, 2.75) is 12.3 Å². The minimum atomic E-state index is -0.0681. The highest BCUT2D eigenvalue weighted by molar-refractivity contribution is 5.93. The van der Waals surface area contributed by atoms with Crippen LogP contribution in [0.25, 0.3) is 6.08 Å². The Labute approximate surface area is 107 Å². The van der Waals surface area contributed by atoms with Crippen LogP contribution >= 0.6 is 0 Å². The van der Waals surface area contributed by atoms with E-state index in [0.717, 1.165) is 11.1 Å². The molecule has 2 aromatic carbocycles. The van der Waals surface area contributed by atoms with Gasteiger partial charge in [-0.25, -0.2) is 0 Å². The second kappa shape index (κ2) is 4.61. The summed E-state index contributed by atoms with van der Waals surface area (Å²) in [6, 6.07) is 18.0. The van der Waals surface area contributed by atoms with Crippen molar-refractivity contribution in [2.24, 2.45) is 0 Å². The van der Waals surface area contributed by atoms with Gasteiger partial charge in [0.25, 0.3) is 0 Å². The molecule has 1 aliphatic carbocycles. The number of hydrogen-bond donors (Lipinski definition) is 0. The third kappa shape index (κ3) is 2.00. The summed E-state index contributed by atoms with van der Waals surface area (Å²) in [6.07, 6.45) is 4.56. The number of ketones is 1. The first-order valence-electron chi connectivity index (χ1n) is 6.18. The summed E-state index contributed by atoms with van der Waals surface area (Å²) in [5.74, 6) is 0.198. The van der Waals surface area contributed by atoms with Gasteiger partial charge in [-0.3, -0.25) is 4.79 Å². The molecule has 18 heavy (non-hydrogen) atoms. The molecule has 0 heterocycles. The molecule has 1 nitrogen and oxygen atoms in total. The van der Waals surface area contributed by atoms with Gasteiger partial charge >= 0.3 is 0 Å². The third-order valence-electron chi connectivity index (χ3n) is 3.37. The van der Waals surface area contributed by atoms with Crippen LogP contribution in [0.2, 0.25) is 0 Å². The number of carbonyl (C=O) groups excluding carboxylic acids is 1. The molecule has 0 aliphatic heterocycles. The Kier molecular flexibility index (Phi) is 2.81. The Balaban J connectivity index is 1.81. The van der Waals surface area contributed by atoms with E-state index < -0.39 is 0 Å². The zero-order chi connectivity index (χ0) is 12.4. The van der Waals surface area contributed by atoms with E-state index in [4.69, 9.17) is 0 Å². The number of Topliss-reactive ketones (excluding diaryl/α,β-unsaturated/α-hetero) is 1. The summed E-state index contributed by atoms with van der Waals surface area (Å²) in [4.78, 5) is 12.3. The molecule has 0 saturated carbocycles. The third-order valence-corrected chi connectivity index (χ3v) is 3.37.